The molecule has 0 bridgehead atoms. The summed E-state index contributed by atoms with van der Waals surface area (Å²) in [6.45, 7) is 5.80. The van der Waals surface area contributed by atoms with E-state index in [-0.39, 0.29) is 17.7 Å². The summed E-state index contributed by atoms with van der Waals surface area (Å²) in [6.07, 6.45) is 7.70. The second-order valence-corrected chi connectivity index (χ2v) is 4.68. The van der Waals surface area contributed by atoms with Crippen molar-refractivity contribution >= 4 is 11.7 Å². The molecule has 0 aliphatic heterocycles. The summed E-state index contributed by atoms with van der Waals surface area (Å²) in [5.41, 5.74) is 0. The van der Waals surface area contributed by atoms with Gasteiger partial charge in [0.2, 0.25) is 5.91 Å². The van der Waals surface area contributed by atoms with Crippen LogP contribution in [0.3, 0.4) is 0 Å². The number of hydrogen-bond donors (Lipinski definition) is 1. The molecular weight excluding hydrogens is 214 g/mol. The highest BCUT2D eigenvalue weighted by atomic mass is 16.2. The van der Waals surface area contributed by atoms with Crippen molar-refractivity contribution in [3.8, 4) is 0 Å². The van der Waals surface area contributed by atoms with Gasteiger partial charge in [-0.1, -0.05) is 46.0 Å². The number of amides is 1. The third-order valence-corrected chi connectivity index (χ3v) is 2.93. The molecule has 0 aromatic heterocycles. The van der Waals surface area contributed by atoms with Gasteiger partial charge < -0.3 is 5.32 Å². The van der Waals surface area contributed by atoms with Gasteiger partial charge in [-0.25, -0.2) is 0 Å². The van der Waals surface area contributed by atoms with Crippen LogP contribution in [-0.2, 0) is 9.59 Å². The van der Waals surface area contributed by atoms with Gasteiger partial charge in [0, 0.05) is 6.42 Å². The molecular formula is C14H27NO2. The van der Waals surface area contributed by atoms with Crippen LogP contribution < -0.4 is 5.32 Å². The number of hydrogen-bond acceptors (Lipinski definition) is 2. The molecule has 0 unspecified atom stereocenters. The number of carbonyl (C=O) groups is 2. The van der Waals surface area contributed by atoms with E-state index in [0.29, 0.717) is 6.42 Å². The maximum atomic E-state index is 11.6. The summed E-state index contributed by atoms with van der Waals surface area (Å²) >= 11 is 0. The van der Waals surface area contributed by atoms with E-state index in [1.54, 1.807) is 6.92 Å². The molecule has 0 saturated heterocycles. The topological polar surface area (TPSA) is 46.2 Å². The molecule has 100 valence electrons. The first-order valence-corrected chi connectivity index (χ1v) is 6.91. The Morgan fingerprint density at radius 3 is 2.12 bits per heavy atom. The van der Waals surface area contributed by atoms with Crippen LogP contribution in [-0.4, -0.2) is 17.7 Å². The molecule has 0 saturated carbocycles. The standard InChI is InChI=1S/C14H27NO2/c1-4-6-8-10-13(12(3)16)15-14(17)11-9-7-5-2/h13H,4-11H2,1-3H3,(H,15,17)/t13-/m1/s1. The normalized spacial score (nSPS) is 12.2. The Kier molecular flexibility index (Phi) is 9.78. The van der Waals surface area contributed by atoms with Crippen LogP contribution in [0.2, 0.25) is 0 Å². The van der Waals surface area contributed by atoms with E-state index < -0.39 is 0 Å². The van der Waals surface area contributed by atoms with E-state index in [2.05, 4.69) is 19.2 Å². The van der Waals surface area contributed by atoms with E-state index in [9.17, 15) is 9.59 Å². The average Bonchev–Trinajstić information content (AvgIpc) is 2.28. The van der Waals surface area contributed by atoms with Crippen LogP contribution in [0.15, 0.2) is 0 Å². The van der Waals surface area contributed by atoms with Crippen LogP contribution in [0.4, 0.5) is 0 Å². The van der Waals surface area contributed by atoms with Crippen LogP contribution in [0.1, 0.15) is 72.1 Å². The number of ketones is 1. The molecule has 0 aromatic carbocycles. The third kappa shape index (κ3) is 8.90. The van der Waals surface area contributed by atoms with Gasteiger partial charge in [-0.2, -0.15) is 0 Å². The predicted octanol–water partition coefficient (Wildman–Crippen LogP) is 3.22. The molecule has 17 heavy (non-hydrogen) atoms. The highest BCUT2D eigenvalue weighted by molar-refractivity contribution is 5.87. The van der Waals surface area contributed by atoms with Gasteiger partial charge in [0.05, 0.1) is 6.04 Å². The minimum absolute atomic E-state index is 0.0233. The Morgan fingerprint density at radius 1 is 1.00 bits per heavy atom. The monoisotopic (exact) mass is 241 g/mol. The number of rotatable bonds is 10. The average molecular weight is 241 g/mol. The summed E-state index contributed by atoms with van der Waals surface area (Å²) in [6, 6.07) is -0.268. The van der Waals surface area contributed by atoms with Crippen LogP contribution in [0, 0.1) is 0 Å². The Hall–Kier alpha value is -0.860. The third-order valence-electron chi connectivity index (χ3n) is 2.93. The molecule has 0 spiro atoms. The van der Waals surface area contributed by atoms with Crippen molar-refractivity contribution < 1.29 is 9.59 Å². The summed E-state index contributed by atoms with van der Waals surface area (Å²) in [5, 5.41) is 2.85. The number of carbonyl (C=O) groups excluding carboxylic acids is 2. The first-order valence-electron chi connectivity index (χ1n) is 6.91. The van der Waals surface area contributed by atoms with Gasteiger partial charge in [-0.15, -0.1) is 0 Å². The molecule has 0 aliphatic rings. The predicted molar refractivity (Wildman–Crippen MR) is 70.9 cm³/mol. The number of unbranched alkanes of at least 4 members (excludes halogenated alkanes) is 4. The lowest BCUT2D eigenvalue weighted by molar-refractivity contribution is -0.127. The van der Waals surface area contributed by atoms with Gasteiger partial charge in [0.15, 0.2) is 5.78 Å². The van der Waals surface area contributed by atoms with Gasteiger partial charge >= 0.3 is 0 Å². The zero-order valence-electron chi connectivity index (χ0n) is 11.6. The molecule has 0 radical (unpaired) electrons. The Bertz CT molecular complexity index is 226. The molecule has 3 nitrogen and oxygen atoms in total. The smallest absolute Gasteiger partial charge is 0.220 e. The van der Waals surface area contributed by atoms with Crippen LogP contribution in [0.5, 0.6) is 0 Å². The van der Waals surface area contributed by atoms with E-state index >= 15 is 0 Å². The molecule has 0 fully saturated rings. The lowest BCUT2D eigenvalue weighted by Gasteiger charge is -2.15. The molecule has 1 amide bonds. The fourth-order valence-electron chi connectivity index (χ4n) is 1.78. The Labute approximate surface area is 105 Å². The molecule has 0 heterocycles. The highest BCUT2D eigenvalue weighted by Crippen LogP contribution is 2.06. The maximum Gasteiger partial charge on any atom is 0.220 e. The molecule has 1 N–H and O–H groups in total. The maximum absolute atomic E-state index is 11.6. The fraction of sp³-hybridized carbons (Fsp3) is 0.857. The zero-order valence-corrected chi connectivity index (χ0v) is 11.6. The molecule has 0 rings (SSSR count). The SMILES string of the molecule is CCCCCC(=O)N[C@H](CCCCC)C(C)=O. The van der Waals surface area contributed by atoms with Gasteiger partial charge in [-0.3, -0.25) is 9.59 Å². The van der Waals surface area contributed by atoms with E-state index in [1.165, 1.54) is 0 Å². The summed E-state index contributed by atoms with van der Waals surface area (Å²) in [5.74, 6) is 0.0973. The summed E-state index contributed by atoms with van der Waals surface area (Å²) < 4.78 is 0. The van der Waals surface area contributed by atoms with Crippen molar-refractivity contribution in [2.45, 2.75) is 78.2 Å². The Balaban J connectivity index is 3.89. The Morgan fingerprint density at radius 2 is 1.59 bits per heavy atom. The largest absolute Gasteiger partial charge is 0.346 e. The molecule has 0 aliphatic carbocycles. The molecule has 1 atom stereocenters. The van der Waals surface area contributed by atoms with Gasteiger partial charge in [0.1, 0.15) is 0 Å². The van der Waals surface area contributed by atoms with Crippen molar-refractivity contribution in [3.05, 3.63) is 0 Å². The van der Waals surface area contributed by atoms with Crippen molar-refractivity contribution in [1.82, 2.24) is 5.32 Å². The van der Waals surface area contributed by atoms with Crippen molar-refractivity contribution in [2.75, 3.05) is 0 Å². The highest BCUT2D eigenvalue weighted by Gasteiger charge is 2.15. The molecule has 0 aromatic rings. The minimum Gasteiger partial charge on any atom is -0.346 e. The number of Topliss-reactive ketones (excluding diaryl/α,β-unsaturated/α-hetero) is 1. The van der Waals surface area contributed by atoms with E-state index in [0.717, 1.165) is 44.9 Å². The molecule has 3 heteroatoms. The summed E-state index contributed by atoms with van der Waals surface area (Å²) in [4.78, 5) is 23.0. The first-order chi connectivity index (χ1) is 8.11. The quantitative estimate of drug-likeness (QED) is 0.597. The van der Waals surface area contributed by atoms with Crippen molar-refractivity contribution in [1.29, 1.82) is 0 Å². The lowest BCUT2D eigenvalue weighted by Crippen LogP contribution is -2.39. The first kappa shape index (κ1) is 16.1. The van der Waals surface area contributed by atoms with E-state index in [4.69, 9.17) is 0 Å². The fourth-order valence-corrected chi connectivity index (χ4v) is 1.78. The lowest BCUT2D eigenvalue weighted by atomic mass is 10.0. The van der Waals surface area contributed by atoms with Gasteiger partial charge in [-0.05, 0) is 19.8 Å². The second kappa shape index (κ2) is 10.3. The summed E-state index contributed by atoms with van der Waals surface area (Å²) in [7, 11) is 0. The zero-order chi connectivity index (χ0) is 13.1. The van der Waals surface area contributed by atoms with Crippen LogP contribution >= 0.6 is 0 Å². The second-order valence-electron chi connectivity index (χ2n) is 4.68. The van der Waals surface area contributed by atoms with Crippen molar-refractivity contribution in [3.63, 3.8) is 0 Å². The minimum atomic E-state index is -0.268. The number of nitrogens with one attached hydrogen (secondary N) is 1. The van der Waals surface area contributed by atoms with Gasteiger partial charge in [0.25, 0.3) is 0 Å². The van der Waals surface area contributed by atoms with Crippen molar-refractivity contribution in [2.24, 2.45) is 0 Å². The van der Waals surface area contributed by atoms with Crippen LogP contribution in [0.25, 0.3) is 0 Å². The van der Waals surface area contributed by atoms with E-state index in [1.807, 2.05) is 0 Å².